The molecule has 1 atom stereocenters. The van der Waals surface area contributed by atoms with Gasteiger partial charge >= 0.3 is 6.03 Å². The Bertz CT molecular complexity index is 148. The van der Waals surface area contributed by atoms with Crippen molar-refractivity contribution in [2.45, 2.75) is 38.3 Å². The van der Waals surface area contributed by atoms with Crippen LogP contribution < -0.4 is 16.4 Å². The number of rotatable bonds is 3. The van der Waals surface area contributed by atoms with Crippen molar-refractivity contribution in [2.75, 3.05) is 6.54 Å². The number of nitrogens with one attached hydrogen (secondary N) is 2. The predicted octanol–water partition coefficient (Wildman–Crippen LogP) is 0.185. The Balaban J connectivity index is 2.10. The van der Waals surface area contributed by atoms with Gasteiger partial charge in [0.15, 0.2) is 0 Å². The third-order valence-corrected chi connectivity index (χ3v) is 2.17. The Morgan fingerprint density at radius 2 is 2.33 bits per heavy atom. The Morgan fingerprint density at radius 1 is 1.67 bits per heavy atom. The van der Waals surface area contributed by atoms with E-state index >= 15 is 0 Å². The summed E-state index contributed by atoms with van der Waals surface area (Å²) in [6.45, 7) is 2.37. The minimum Gasteiger partial charge on any atom is -0.335 e. The van der Waals surface area contributed by atoms with Gasteiger partial charge in [0, 0.05) is 18.6 Å². The summed E-state index contributed by atoms with van der Waals surface area (Å²) in [5.74, 6) is 0. The van der Waals surface area contributed by atoms with Crippen molar-refractivity contribution in [2.24, 2.45) is 5.73 Å². The van der Waals surface area contributed by atoms with Crippen LogP contribution in [-0.4, -0.2) is 24.7 Å². The van der Waals surface area contributed by atoms with E-state index in [2.05, 4.69) is 10.6 Å². The topological polar surface area (TPSA) is 67.1 Å². The van der Waals surface area contributed by atoms with Crippen LogP contribution in [0.3, 0.4) is 0 Å². The zero-order valence-electron chi connectivity index (χ0n) is 7.47. The lowest BCUT2D eigenvalue weighted by Gasteiger charge is -2.27. The molecule has 0 aliphatic heterocycles. The molecule has 4 heteroatoms. The molecule has 0 aromatic heterocycles. The van der Waals surface area contributed by atoms with Crippen molar-refractivity contribution in [1.82, 2.24) is 10.6 Å². The number of urea groups is 1. The summed E-state index contributed by atoms with van der Waals surface area (Å²) in [4.78, 5) is 11.1. The molecule has 1 aliphatic carbocycles. The van der Waals surface area contributed by atoms with Gasteiger partial charge in [0.05, 0.1) is 0 Å². The molecule has 4 nitrogen and oxygen atoms in total. The molecule has 0 unspecified atom stereocenters. The molecule has 70 valence electrons. The first-order valence-corrected chi connectivity index (χ1v) is 4.49. The van der Waals surface area contributed by atoms with E-state index in [1.807, 2.05) is 6.92 Å². The van der Waals surface area contributed by atoms with Crippen molar-refractivity contribution in [1.29, 1.82) is 0 Å². The molecule has 0 spiro atoms. The van der Waals surface area contributed by atoms with Crippen LogP contribution in [0, 0.1) is 0 Å². The normalized spacial score (nSPS) is 19.5. The fraction of sp³-hybridized carbons (Fsp3) is 0.875. The quantitative estimate of drug-likeness (QED) is 0.567. The minimum absolute atomic E-state index is 0.0603. The summed E-state index contributed by atoms with van der Waals surface area (Å²) >= 11 is 0. The molecular weight excluding hydrogens is 154 g/mol. The molecule has 1 saturated carbocycles. The van der Waals surface area contributed by atoms with Gasteiger partial charge in [-0.3, -0.25) is 0 Å². The maximum absolute atomic E-state index is 11.1. The maximum atomic E-state index is 11.1. The van der Waals surface area contributed by atoms with E-state index < -0.39 is 0 Å². The molecule has 0 bridgehead atoms. The van der Waals surface area contributed by atoms with E-state index in [4.69, 9.17) is 5.73 Å². The molecule has 0 aromatic carbocycles. The third-order valence-electron chi connectivity index (χ3n) is 2.17. The van der Waals surface area contributed by atoms with Crippen LogP contribution in [-0.2, 0) is 0 Å². The van der Waals surface area contributed by atoms with Crippen LogP contribution in [0.2, 0.25) is 0 Å². The van der Waals surface area contributed by atoms with Crippen LogP contribution in [0.15, 0.2) is 0 Å². The summed E-state index contributed by atoms with van der Waals surface area (Å²) in [6, 6.07) is 0.373. The lowest BCUT2D eigenvalue weighted by molar-refractivity contribution is 0.225. The van der Waals surface area contributed by atoms with Gasteiger partial charge in [-0.05, 0) is 26.2 Å². The predicted molar refractivity (Wildman–Crippen MR) is 47.8 cm³/mol. The monoisotopic (exact) mass is 171 g/mol. The SMILES string of the molecule is C[C@H](CN)NC(=O)NC1CCC1. The summed E-state index contributed by atoms with van der Waals surface area (Å²) < 4.78 is 0. The van der Waals surface area contributed by atoms with E-state index in [-0.39, 0.29) is 12.1 Å². The summed E-state index contributed by atoms with van der Waals surface area (Å²) in [5, 5.41) is 5.63. The molecule has 1 fully saturated rings. The molecule has 12 heavy (non-hydrogen) atoms. The number of amides is 2. The second kappa shape index (κ2) is 4.30. The maximum Gasteiger partial charge on any atom is 0.315 e. The van der Waals surface area contributed by atoms with E-state index in [9.17, 15) is 4.79 Å². The molecule has 2 amide bonds. The molecule has 1 aliphatic rings. The van der Waals surface area contributed by atoms with Gasteiger partial charge in [-0.2, -0.15) is 0 Å². The average Bonchev–Trinajstić information content (AvgIpc) is 1.97. The number of hydrogen-bond donors (Lipinski definition) is 3. The first-order valence-electron chi connectivity index (χ1n) is 4.49. The summed E-state index contributed by atoms with van der Waals surface area (Å²) in [6.07, 6.45) is 3.46. The van der Waals surface area contributed by atoms with Crippen molar-refractivity contribution < 1.29 is 4.79 Å². The number of carbonyl (C=O) groups is 1. The highest BCUT2D eigenvalue weighted by atomic mass is 16.2. The van der Waals surface area contributed by atoms with Crippen LogP contribution in [0.5, 0.6) is 0 Å². The fourth-order valence-electron chi connectivity index (χ4n) is 1.06. The van der Waals surface area contributed by atoms with Gasteiger partial charge in [-0.15, -0.1) is 0 Å². The molecule has 0 aromatic rings. The first-order chi connectivity index (χ1) is 5.72. The van der Waals surface area contributed by atoms with Crippen molar-refractivity contribution in [3.8, 4) is 0 Å². The Kier molecular flexibility index (Phi) is 3.34. The minimum atomic E-state index is -0.0855. The van der Waals surface area contributed by atoms with Crippen molar-refractivity contribution in [3.63, 3.8) is 0 Å². The second-order valence-corrected chi connectivity index (χ2v) is 3.38. The van der Waals surface area contributed by atoms with Crippen LogP contribution >= 0.6 is 0 Å². The standard InChI is InChI=1S/C8H17N3O/c1-6(5-9)10-8(12)11-7-3-2-4-7/h6-7H,2-5,9H2,1H3,(H2,10,11,12)/t6-/m1/s1. The third kappa shape index (κ3) is 2.70. The molecular formula is C8H17N3O. The smallest absolute Gasteiger partial charge is 0.315 e. The largest absolute Gasteiger partial charge is 0.335 e. The molecule has 4 N–H and O–H groups in total. The van der Waals surface area contributed by atoms with Gasteiger partial charge in [0.2, 0.25) is 0 Å². The van der Waals surface area contributed by atoms with Gasteiger partial charge < -0.3 is 16.4 Å². The van der Waals surface area contributed by atoms with E-state index in [1.165, 1.54) is 6.42 Å². The van der Waals surface area contributed by atoms with E-state index in [0.29, 0.717) is 12.6 Å². The lowest BCUT2D eigenvalue weighted by Crippen LogP contribution is -2.49. The number of carbonyl (C=O) groups excluding carboxylic acids is 1. The lowest BCUT2D eigenvalue weighted by atomic mass is 9.93. The van der Waals surface area contributed by atoms with Gasteiger partial charge in [-0.25, -0.2) is 4.79 Å². The van der Waals surface area contributed by atoms with Gasteiger partial charge in [-0.1, -0.05) is 0 Å². The molecule has 0 heterocycles. The van der Waals surface area contributed by atoms with E-state index in [0.717, 1.165) is 12.8 Å². The Labute approximate surface area is 72.9 Å². The average molecular weight is 171 g/mol. The van der Waals surface area contributed by atoms with Crippen LogP contribution in [0.25, 0.3) is 0 Å². The van der Waals surface area contributed by atoms with Gasteiger partial charge in [0.25, 0.3) is 0 Å². The number of nitrogens with two attached hydrogens (primary N) is 1. The summed E-state index contributed by atoms with van der Waals surface area (Å²) in [7, 11) is 0. The Morgan fingerprint density at radius 3 is 2.75 bits per heavy atom. The molecule has 0 radical (unpaired) electrons. The van der Waals surface area contributed by atoms with Gasteiger partial charge in [0.1, 0.15) is 0 Å². The Hall–Kier alpha value is -0.770. The summed E-state index contributed by atoms with van der Waals surface area (Å²) in [5.41, 5.74) is 5.36. The van der Waals surface area contributed by atoms with E-state index in [1.54, 1.807) is 0 Å². The highest BCUT2D eigenvalue weighted by Gasteiger charge is 2.19. The van der Waals surface area contributed by atoms with Crippen molar-refractivity contribution >= 4 is 6.03 Å². The van der Waals surface area contributed by atoms with Crippen LogP contribution in [0.4, 0.5) is 4.79 Å². The number of hydrogen-bond acceptors (Lipinski definition) is 2. The second-order valence-electron chi connectivity index (χ2n) is 3.38. The van der Waals surface area contributed by atoms with Crippen molar-refractivity contribution in [3.05, 3.63) is 0 Å². The molecule has 1 rings (SSSR count). The zero-order valence-corrected chi connectivity index (χ0v) is 7.47. The van der Waals surface area contributed by atoms with Crippen LogP contribution in [0.1, 0.15) is 26.2 Å². The highest BCUT2D eigenvalue weighted by molar-refractivity contribution is 5.74. The first kappa shape index (κ1) is 9.32. The highest BCUT2D eigenvalue weighted by Crippen LogP contribution is 2.17. The zero-order chi connectivity index (χ0) is 8.97. The fourth-order valence-corrected chi connectivity index (χ4v) is 1.06. The molecule has 0 saturated heterocycles.